The first-order chi connectivity index (χ1) is 69.0. The van der Waals surface area contributed by atoms with E-state index in [9.17, 15) is 0 Å². The van der Waals surface area contributed by atoms with Crippen LogP contribution in [0, 0.1) is 0 Å². The molecule has 3 aromatic heterocycles. The molecule has 0 bridgehead atoms. The summed E-state index contributed by atoms with van der Waals surface area (Å²) in [7, 11) is 0. The number of aromatic nitrogens is 3. The summed E-state index contributed by atoms with van der Waals surface area (Å²) in [5, 5.41) is 33.3. The molecule has 0 saturated carbocycles. The topological polar surface area (TPSA) is 14.8 Å². The quantitative estimate of drug-likeness (QED) is 0.0958. The minimum absolute atomic E-state index is 1.16. The summed E-state index contributed by atoms with van der Waals surface area (Å²) in [5.74, 6) is 0. The van der Waals surface area contributed by atoms with Crippen LogP contribution in [0.25, 0.3) is 268 Å². The average molecular weight is 1760 g/mol. The molecule has 3 nitrogen and oxygen atoms in total. The van der Waals surface area contributed by atoms with Gasteiger partial charge in [0.15, 0.2) is 0 Å². The predicted octanol–water partition coefficient (Wildman–Crippen LogP) is 37.6. The molecule has 0 amide bonds. The zero-order valence-electron chi connectivity index (χ0n) is 76.1. The molecule has 0 aliphatic carbocycles. The third-order valence-electron chi connectivity index (χ3n) is 29.1. The van der Waals surface area contributed by atoms with E-state index < -0.39 is 0 Å². The van der Waals surface area contributed by atoms with Crippen molar-refractivity contribution in [2.45, 2.75) is 0 Å². The smallest absolute Gasteiger partial charge is 0.0553 e. The highest BCUT2D eigenvalue weighted by Crippen LogP contribution is 2.51. The van der Waals surface area contributed by atoms with Gasteiger partial charge in [0, 0.05) is 49.4 Å². The van der Waals surface area contributed by atoms with E-state index in [0.29, 0.717) is 0 Å². The first kappa shape index (κ1) is 80.4. The van der Waals surface area contributed by atoms with Crippen molar-refractivity contribution >= 4 is 173 Å². The Morgan fingerprint density at radius 1 is 0.108 bits per heavy atom. The minimum atomic E-state index is 1.16. The SMILES string of the molecule is c1ccc(-c2c3ccccc3c(-c3ccc(-c4cc5c(c6ccccc46)c4c6ccccc6ccc4n5-c4ccccc4)cc3)c3ccccc23)cc1.c1ccc(-n2c3ccc4ccccc4c3c3c4ccccc4c(-c4ccc(-c5cc6ccccc6c6ccccc56)cc4)cc32)cc1.c1ccc(-n2c3ccccc3c3cc(-c4ccc(-c5cc6ccccc6c6ccccc56)cc4)ccc32)cc1. The van der Waals surface area contributed by atoms with Crippen LogP contribution < -0.4 is 0 Å². The first-order valence-corrected chi connectivity index (χ1v) is 48.1. The van der Waals surface area contributed by atoms with Crippen molar-refractivity contribution in [3.63, 3.8) is 0 Å². The second kappa shape index (κ2) is 33.4. The maximum atomic E-state index is 2.45. The number of fused-ring (bicyclic) bond motifs is 25. The highest BCUT2D eigenvalue weighted by atomic mass is 15.0. The van der Waals surface area contributed by atoms with Gasteiger partial charge in [0.25, 0.3) is 0 Å². The van der Waals surface area contributed by atoms with E-state index in [1.54, 1.807) is 0 Å². The summed E-state index contributed by atoms with van der Waals surface area (Å²) < 4.78 is 7.26. The van der Waals surface area contributed by atoms with Gasteiger partial charge in [-0.15, -0.1) is 0 Å². The van der Waals surface area contributed by atoms with Crippen LogP contribution >= 0.6 is 0 Å². The van der Waals surface area contributed by atoms with Gasteiger partial charge < -0.3 is 13.7 Å². The molecule has 3 heteroatoms. The molecular formula is C136H87N3. The van der Waals surface area contributed by atoms with E-state index in [-0.39, 0.29) is 0 Å². The Balaban J connectivity index is 0.000000106. The second-order valence-corrected chi connectivity index (χ2v) is 36.7. The Morgan fingerprint density at radius 2 is 0.360 bits per heavy atom. The van der Waals surface area contributed by atoms with Crippen molar-refractivity contribution in [2.75, 3.05) is 0 Å². The van der Waals surface area contributed by atoms with Gasteiger partial charge in [-0.05, 0) is 277 Å². The normalized spacial score (nSPS) is 11.7. The lowest BCUT2D eigenvalue weighted by molar-refractivity contribution is 1.18. The number of hydrogen-bond acceptors (Lipinski definition) is 0. The molecule has 26 aromatic carbocycles. The Labute approximate surface area is 803 Å². The Bertz CT molecular complexity index is 9910. The molecule has 0 fully saturated rings. The number of para-hydroxylation sites is 4. The predicted molar refractivity (Wildman–Crippen MR) is 595 cm³/mol. The molecule has 0 aliphatic rings. The molecule has 0 atom stereocenters. The highest BCUT2D eigenvalue weighted by Gasteiger charge is 2.26. The van der Waals surface area contributed by atoms with E-state index >= 15 is 0 Å². The van der Waals surface area contributed by atoms with Crippen molar-refractivity contribution in [3.05, 3.63) is 528 Å². The van der Waals surface area contributed by atoms with Crippen LogP contribution in [-0.4, -0.2) is 13.7 Å². The van der Waals surface area contributed by atoms with Crippen LogP contribution in [0.2, 0.25) is 0 Å². The highest BCUT2D eigenvalue weighted by molar-refractivity contribution is 6.33. The molecule has 0 radical (unpaired) electrons. The summed E-state index contributed by atoms with van der Waals surface area (Å²) in [6, 6.07) is 193. The molecule has 29 rings (SSSR count). The van der Waals surface area contributed by atoms with E-state index in [1.165, 1.54) is 262 Å². The molecular weight excluding hydrogens is 1680 g/mol. The third kappa shape index (κ3) is 13.4. The Hall–Kier alpha value is -18.3. The van der Waals surface area contributed by atoms with Gasteiger partial charge in [-0.25, -0.2) is 0 Å². The van der Waals surface area contributed by atoms with Crippen molar-refractivity contribution in [2.24, 2.45) is 0 Å². The fourth-order valence-electron chi connectivity index (χ4n) is 22.9. The van der Waals surface area contributed by atoms with E-state index in [1.807, 2.05) is 0 Å². The van der Waals surface area contributed by atoms with Gasteiger partial charge in [0.1, 0.15) is 0 Å². The zero-order valence-corrected chi connectivity index (χ0v) is 76.1. The molecule has 3 heterocycles. The summed E-state index contributed by atoms with van der Waals surface area (Å²) in [4.78, 5) is 0. The molecule has 139 heavy (non-hydrogen) atoms. The van der Waals surface area contributed by atoms with Gasteiger partial charge in [-0.2, -0.15) is 0 Å². The van der Waals surface area contributed by atoms with Crippen molar-refractivity contribution < 1.29 is 0 Å². The molecule has 646 valence electrons. The molecule has 0 spiro atoms. The first-order valence-electron chi connectivity index (χ1n) is 48.1. The second-order valence-electron chi connectivity index (χ2n) is 36.7. The van der Waals surface area contributed by atoms with Crippen LogP contribution in [0.5, 0.6) is 0 Å². The summed E-state index contributed by atoms with van der Waals surface area (Å²) in [6.07, 6.45) is 0. The van der Waals surface area contributed by atoms with Crippen molar-refractivity contribution in [1.82, 2.24) is 13.7 Å². The van der Waals surface area contributed by atoms with Crippen LogP contribution in [0.3, 0.4) is 0 Å². The lowest BCUT2D eigenvalue weighted by Crippen LogP contribution is -1.94. The van der Waals surface area contributed by atoms with Crippen molar-refractivity contribution in [1.29, 1.82) is 0 Å². The van der Waals surface area contributed by atoms with Crippen LogP contribution in [-0.2, 0) is 0 Å². The summed E-state index contributed by atoms with van der Waals surface area (Å²) in [6.45, 7) is 0. The van der Waals surface area contributed by atoms with Gasteiger partial charge in [0.2, 0.25) is 0 Å². The maximum absolute atomic E-state index is 2.45. The maximum Gasteiger partial charge on any atom is 0.0553 e. The molecule has 0 N–H and O–H groups in total. The van der Waals surface area contributed by atoms with Crippen LogP contribution in [0.15, 0.2) is 528 Å². The third-order valence-corrected chi connectivity index (χ3v) is 29.1. The van der Waals surface area contributed by atoms with E-state index in [2.05, 4.69) is 541 Å². The Kier molecular flexibility index (Phi) is 19.3. The van der Waals surface area contributed by atoms with E-state index in [4.69, 9.17) is 0 Å². The lowest BCUT2D eigenvalue weighted by Gasteiger charge is -2.18. The Morgan fingerprint density at radius 3 is 0.763 bits per heavy atom. The monoisotopic (exact) mass is 1760 g/mol. The summed E-state index contributed by atoms with van der Waals surface area (Å²) >= 11 is 0. The zero-order chi connectivity index (χ0) is 91.5. The molecule has 0 saturated heterocycles. The largest absolute Gasteiger partial charge is 0.309 e. The minimum Gasteiger partial charge on any atom is -0.309 e. The fourth-order valence-corrected chi connectivity index (χ4v) is 22.9. The van der Waals surface area contributed by atoms with Gasteiger partial charge in [0.05, 0.1) is 33.1 Å². The number of hydrogen-bond donors (Lipinski definition) is 0. The standard InChI is InChI=1S/C52H33N.C46H29N.C38H25N/c1-3-16-36(17-4-1)49-42-23-11-13-25-44(42)50(45-26-14-12-24-43(45)49)37-29-27-35(28-30-37)46-33-48-52(41-22-10-9-21-40(41)46)51-39-20-8-7-15-34(39)31-32-47(51)53(48)38-18-5-2-6-19-38;1-2-14-34(15-3-1)47-43-27-26-30-12-4-7-17-36(30)45(43)46-40-21-11-10-20-39(40)42(29-44(46)47)32-24-22-31(23-25-32)41-28-33-13-5-6-16-35(33)37-18-8-9-19-38(37)41;1-2-11-30(12-3-1)39-37-17-9-8-16-34(37)36-24-28(22-23-38(36)39)26-18-20-27(21-19-26)35-25-29-10-4-5-13-31(29)32-14-6-7-15-33(32)35/h1-33H;1-29H;1-25H. The average Bonchev–Trinajstić information content (AvgIpc) is 1.54. The van der Waals surface area contributed by atoms with Gasteiger partial charge >= 0.3 is 0 Å². The van der Waals surface area contributed by atoms with E-state index in [0.717, 1.165) is 5.69 Å². The molecule has 0 unspecified atom stereocenters. The van der Waals surface area contributed by atoms with Crippen LogP contribution in [0.1, 0.15) is 0 Å². The molecule has 29 aromatic rings. The fraction of sp³-hybridized carbons (Fsp3) is 0. The molecule has 0 aliphatic heterocycles. The van der Waals surface area contributed by atoms with Gasteiger partial charge in [-0.3, -0.25) is 0 Å². The summed E-state index contributed by atoms with van der Waals surface area (Å²) in [5.41, 5.74) is 28.2. The number of benzene rings is 26. The van der Waals surface area contributed by atoms with Gasteiger partial charge in [-0.1, -0.05) is 437 Å². The number of nitrogens with zero attached hydrogens (tertiary/aromatic N) is 3. The number of rotatable bonds is 10. The van der Waals surface area contributed by atoms with Crippen molar-refractivity contribution in [3.8, 4) is 95.0 Å². The van der Waals surface area contributed by atoms with Crippen LogP contribution in [0.4, 0.5) is 0 Å². The lowest BCUT2D eigenvalue weighted by atomic mass is 9.85.